The van der Waals surface area contributed by atoms with Crippen LogP contribution in [0, 0.1) is 0 Å². The number of aliphatic hydroxyl groups is 1. The molecule has 2 aromatic rings. The smallest absolute Gasteiger partial charge is 0.124 e. The lowest BCUT2D eigenvalue weighted by molar-refractivity contribution is 0.279. The number of rotatable bonds is 7. The molecule has 2 rings (SSSR count). The second-order valence-electron chi connectivity index (χ2n) is 4.97. The Bertz CT molecular complexity index is 563. The number of halogens is 1. The van der Waals surface area contributed by atoms with Gasteiger partial charge in [-0.05, 0) is 24.5 Å². The lowest BCUT2D eigenvalue weighted by Gasteiger charge is -2.14. The molecule has 4 N–H and O–H groups in total. The van der Waals surface area contributed by atoms with Crippen molar-refractivity contribution in [1.82, 2.24) is 0 Å². The van der Waals surface area contributed by atoms with Crippen molar-refractivity contribution in [3.63, 3.8) is 0 Å². The molecule has 0 heterocycles. The van der Waals surface area contributed by atoms with E-state index < -0.39 is 0 Å². The standard InChI is InChI=1S/C17H21NO3.ClH/c18-16(7-4-10-19)15-9-8-14(11-17(15)20)21-12-13-5-2-1-3-6-13;/h1-3,5-6,8-9,11,16,19-20H,4,7,10,12,18H2;1H/t16-;/m1./s1. The fourth-order valence-corrected chi connectivity index (χ4v) is 2.13. The van der Waals surface area contributed by atoms with E-state index >= 15 is 0 Å². The first-order valence-electron chi connectivity index (χ1n) is 7.07. The van der Waals surface area contributed by atoms with Gasteiger partial charge in [-0.15, -0.1) is 12.4 Å². The van der Waals surface area contributed by atoms with Crippen LogP contribution in [0.25, 0.3) is 0 Å². The van der Waals surface area contributed by atoms with E-state index in [9.17, 15) is 5.11 Å². The predicted molar refractivity (Wildman–Crippen MR) is 89.4 cm³/mol. The molecule has 0 spiro atoms. The topological polar surface area (TPSA) is 75.7 Å². The Morgan fingerprint density at radius 3 is 2.45 bits per heavy atom. The zero-order chi connectivity index (χ0) is 15.1. The van der Waals surface area contributed by atoms with Crippen LogP contribution < -0.4 is 10.5 Å². The molecule has 120 valence electrons. The van der Waals surface area contributed by atoms with Gasteiger partial charge in [0.1, 0.15) is 18.1 Å². The number of aromatic hydroxyl groups is 1. The minimum atomic E-state index is -0.277. The number of phenolic OH excluding ortho intramolecular Hbond substituents is 1. The summed E-state index contributed by atoms with van der Waals surface area (Å²) in [5.41, 5.74) is 7.73. The summed E-state index contributed by atoms with van der Waals surface area (Å²) in [4.78, 5) is 0. The molecule has 0 radical (unpaired) electrons. The van der Waals surface area contributed by atoms with Gasteiger partial charge in [0.2, 0.25) is 0 Å². The molecule has 0 amide bonds. The average Bonchev–Trinajstić information content (AvgIpc) is 2.51. The molecular weight excluding hydrogens is 302 g/mol. The van der Waals surface area contributed by atoms with Crippen LogP contribution in [-0.2, 0) is 6.61 Å². The SMILES string of the molecule is Cl.N[C@H](CCCO)c1ccc(OCc2ccccc2)cc1O. The van der Waals surface area contributed by atoms with E-state index in [4.69, 9.17) is 15.6 Å². The second-order valence-corrected chi connectivity index (χ2v) is 4.97. The molecule has 0 aliphatic carbocycles. The van der Waals surface area contributed by atoms with Gasteiger partial charge in [-0.3, -0.25) is 0 Å². The minimum absolute atomic E-state index is 0. The van der Waals surface area contributed by atoms with Crippen LogP contribution >= 0.6 is 12.4 Å². The van der Waals surface area contributed by atoms with Gasteiger partial charge in [-0.2, -0.15) is 0 Å². The van der Waals surface area contributed by atoms with Crippen molar-refractivity contribution in [1.29, 1.82) is 0 Å². The van der Waals surface area contributed by atoms with E-state index in [1.807, 2.05) is 30.3 Å². The number of hydrogen-bond acceptors (Lipinski definition) is 4. The van der Waals surface area contributed by atoms with Crippen molar-refractivity contribution in [2.75, 3.05) is 6.61 Å². The Labute approximate surface area is 137 Å². The van der Waals surface area contributed by atoms with Gasteiger partial charge in [-0.25, -0.2) is 0 Å². The van der Waals surface area contributed by atoms with Gasteiger partial charge in [0.25, 0.3) is 0 Å². The molecule has 5 heteroatoms. The van der Waals surface area contributed by atoms with Crippen molar-refractivity contribution in [2.45, 2.75) is 25.5 Å². The van der Waals surface area contributed by atoms with E-state index in [1.54, 1.807) is 18.2 Å². The van der Waals surface area contributed by atoms with Crippen LogP contribution in [0.2, 0.25) is 0 Å². The highest BCUT2D eigenvalue weighted by Gasteiger charge is 2.11. The third-order valence-corrected chi connectivity index (χ3v) is 3.32. The molecule has 0 aliphatic heterocycles. The summed E-state index contributed by atoms with van der Waals surface area (Å²) in [6, 6.07) is 14.7. The first-order chi connectivity index (χ1) is 10.2. The minimum Gasteiger partial charge on any atom is -0.507 e. The van der Waals surface area contributed by atoms with Gasteiger partial charge in [0.05, 0.1) is 0 Å². The molecule has 0 saturated heterocycles. The molecule has 1 atom stereocenters. The fraction of sp³-hybridized carbons (Fsp3) is 0.294. The number of benzene rings is 2. The van der Waals surface area contributed by atoms with Crippen LogP contribution in [0.3, 0.4) is 0 Å². The van der Waals surface area contributed by atoms with Gasteiger partial charge >= 0.3 is 0 Å². The summed E-state index contributed by atoms with van der Waals surface area (Å²) < 4.78 is 5.65. The van der Waals surface area contributed by atoms with Crippen LogP contribution in [-0.4, -0.2) is 16.8 Å². The van der Waals surface area contributed by atoms with Crippen LogP contribution in [0.4, 0.5) is 0 Å². The number of aliphatic hydroxyl groups excluding tert-OH is 1. The lowest BCUT2D eigenvalue weighted by Crippen LogP contribution is -2.11. The monoisotopic (exact) mass is 323 g/mol. The van der Waals surface area contributed by atoms with Crippen LogP contribution in [0.5, 0.6) is 11.5 Å². The van der Waals surface area contributed by atoms with E-state index in [-0.39, 0.29) is 30.8 Å². The molecule has 2 aromatic carbocycles. The maximum atomic E-state index is 10.0. The van der Waals surface area contributed by atoms with Gasteiger partial charge in [-0.1, -0.05) is 36.4 Å². The summed E-state index contributed by atoms with van der Waals surface area (Å²) in [7, 11) is 0. The highest BCUT2D eigenvalue weighted by molar-refractivity contribution is 5.85. The number of ether oxygens (including phenoxy) is 1. The van der Waals surface area contributed by atoms with Crippen LogP contribution in [0.15, 0.2) is 48.5 Å². The Morgan fingerprint density at radius 1 is 1.09 bits per heavy atom. The predicted octanol–water partition coefficient (Wildman–Crippen LogP) is 3.17. The summed E-state index contributed by atoms with van der Waals surface area (Å²) in [5, 5.41) is 18.9. The van der Waals surface area contributed by atoms with Crippen molar-refractivity contribution in [3.8, 4) is 11.5 Å². The van der Waals surface area contributed by atoms with Gasteiger partial charge in [0.15, 0.2) is 0 Å². The molecular formula is C17H22ClNO3. The highest BCUT2D eigenvalue weighted by Crippen LogP contribution is 2.29. The molecule has 22 heavy (non-hydrogen) atoms. The van der Waals surface area contributed by atoms with E-state index in [0.29, 0.717) is 30.8 Å². The maximum absolute atomic E-state index is 10.0. The van der Waals surface area contributed by atoms with Gasteiger partial charge in [0, 0.05) is 24.3 Å². The number of hydrogen-bond donors (Lipinski definition) is 3. The van der Waals surface area contributed by atoms with Crippen molar-refractivity contribution in [3.05, 3.63) is 59.7 Å². The van der Waals surface area contributed by atoms with Crippen molar-refractivity contribution >= 4 is 12.4 Å². The molecule has 0 aliphatic rings. The molecule has 4 nitrogen and oxygen atoms in total. The first-order valence-corrected chi connectivity index (χ1v) is 7.07. The summed E-state index contributed by atoms with van der Waals surface area (Å²) in [6.07, 6.45) is 1.25. The fourth-order valence-electron chi connectivity index (χ4n) is 2.13. The van der Waals surface area contributed by atoms with Gasteiger partial charge < -0.3 is 20.7 Å². The maximum Gasteiger partial charge on any atom is 0.124 e. The highest BCUT2D eigenvalue weighted by atomic mass is 35.5. The Balaban J connectivity index is 0.00000242. The molecule has 0 unspecified atom stereocenters. The Hall–Kier alpha value is -1.75. The molecule has 0 bridgehead atoms. The Morgan fingerprint density at radius 2 is 1.82 bits per heavy atom. The third kappa shape index (κ3) is 5.22. The normalized spacial score (nSPS) is 11.5. The summed E-state index contributed by atoms with van der Waals surface area (Å²) in [6.45, 7) is 0.558. The lowest BCUT2D eigenvalue weighted by atomic mass is 10.0. The number of phenols is 1. The van der Waals surface area contributed by atoms with Crippen LogP contribution in [0.1, 0.15) is 30.0 Å². The van der Waals surface area contributed by atoms with Crippen molar-refractivity contribution in [2.24, 2.45) is 5.73 Å². The molecule has 0 aromatic heterocycles. The van der Waals surface area contributed by atoms with Crippen molar-refractivity contribution < 1.29 is 14.9 Å². The number of nitrogens with two attached hydrogens (primary N) is 1. The average molecular weight is 324 g/mol. The quantitative estimate of drug-likeness (QED) is 0.731. The van der Waals surface area contributed by atoms with E-state index in [2.05, 4.69) is 0 Å². The van der Waals surface area contributed by atoms with E-state index in [0.717, 1.165) is 5.56 Å². The third-order valence-electron chi connectivity index (χ3n) is 3.32. The molecule has 0 saturated carbocycles. The summed E-state index contributed by atoms with van der Waals surface area (Å²) in [5.74, 6) is 0.737. The first kappa shape index (κ1) is 18.3. The zero-order valence-electron chi connectivity index (χ0n) is 12.3. The zero-order valence-corrected chi connectivity index (χ0v) is 13.1. The summed E-state index contributed by atoms with van der Waals surface area (Å²) >= 11 is 0. The Kier molecular flexibility index (Phi) is 7.74. The largest absolute Gasteiger partial charge is 0.507 e. The van der Waals surface area contributed by atoms with E-state index in [1.165, 1.54) is 0 Å². The second kappa shape index (κ2) is 9.30. The molecule has 0 fully saturated rings.